The van der Waals surface area contributed by atoms with E-state index in [-0.39, 0.29) is 5.43 Å². The number of H-pyrrole nitrogens is 1. The van der Waals surface area contributed by atoms with Crippen molar-refractivity contribution in [2.45, 2.75) is 0 Å². The minimum absolute atomic E-state index is 0.0654. The van der Waals surface area contributed by atoms with Crippen molar-refractivity contribution in [2.24, 2.45) is 0 Å². The van der Waals surface area contributed by atoms with Crippen LogP contribution in [0.1, 0.15) is 0 Å². The van der Waals surface area contributed by atoms with Crippen LogP contribution < -0.4 is 10.7 Å². The molecule has 22 heavy (non-hydrogen) atoms. The highest BCUT2D eigenvalue weighted by Gasteiger charge is 2.05. The van der Waals surface area contributed by atoms with Gasteiger partial charge in [-0.2, -0.15) is 0 Å². The largest absolute Gasteiger partial charge is 0.355 e. The predicted molar refractivity (Wildman–Crippen MR) is 91.8 cm³/mol. The molecule has 3 nitrogen and oxygen atoms in total. The maximum absolute atomic E-state index is 12.5. The number of hydrogen-bond donors (Lipinski definition) is 2. The maximum atomic E-state index is 12.5. The van der Waals surface area contributed by atoms with E-state index in [0.29, 0.717) is 5.39 Å². The minimum atomic E-state index is 0.0654. The van der Waals surface area contributed by atoms with Crippen molar-refractivity contribution in [3.63, 3.8) is 0 Å². The van der Waals surface area contributed by atoms with Gasteiger partial charge in [0.15, 0.2) is 5.43 Å². The summed E-state index contributed by atoms with van der Waals surface area (Å²) in [6, 6.07) is 23.3. The molecule has 0 radical (unpaired) electrons. The molecular weight excluding hydrogens is 272 g/mol. The molecule has 0 bridgehead atoms. The molecule has 106 valence electrons. The molecule has 3 aromatic carbocycles. The van der Waals surface area contributed by atoms with Crippen LogP contribution in [-0.4, -0.2) is 4.98 Å². The van der Waals surface area contributed by atoms with E-state index >= 15 is 0 Å². The maximum Gasteiger partial charge on any atom is 0.197 e. The highest BCUT2D eigenvalue weighted by molar-refractivity contribution is 5.93. The topological polar surface area (TPSA) is 44.9 Å². The molecule has 0 saturated heterocycles. The number of rotatable bonds is 2. The van der Waals surface area contributed by atoms with E-state index in [2.05, 4.69) is 10.3 Å². The molecule has 1 aromatic heterocycles. The second-order valence-corrected chi connectivity index (χ2v) is 5.25. The van der Waals surface area contributed by atoms with Crippen molar-refractivity contribution < 1.29 is 0 Å². The lowest BCUT2D eigenvalue weighted by Gasteiger charge is -2.08. The van der Waals surface area contributed by atoms with Crippen LogP contribution in [0, 0.1) is 0 Å². The molecule has 0 atom stereocenters. The van der Waals surface area contributed by atoms with E-state index in [1.807, 2.05) is 72.8 Å². The van der Waals surface area contributed by atoms with Gasteiger partial charge in [0, 0.05) is 27.7 Å². The standard InChI is InChI=1S/C19H14N2O/c22-19-15-8-4-5-9-17(15)21-18-12-14(10-11-16(18)19)20-13-6-2-1-3-7-13/h1-12,20H,(H,21,22). The van der Waals surface area contributed by atoms with Crippen LogP contribution in [0.25, 0.3) is 21.8 Å². The SMILES string of the molecule is O=c1c2ccccc2[nH]c2cc(Nc3ccccc3)ccc12. The highest BCUT2D eigenvalue weighted by atomic mass is 16.1. The molecule has 0 aliphatic heterocycles. The van der Waals surface area contributed by atoms with Gasteiger partial charge in [-0.05, 0) is 42.5 Å². The van der Waals surface area contributed by atoms with Crippen molar-refractivity contribution in [1.29, 1.82) is 0 Å². The van der Waals surface area contributed by atoms with Gasteiger partial charge in [0.2, 0.25) is 0 Å². The predicted octanol–water partition coefficient (Wildman–Crippen LogP) is 4.42. The molecule has 3 heteroatoms. The quantitative estimate of drug-likeness (QED) is 0.536. The van der Waals surface area contributed by atoms with Crippen LogP contribution in [0.4, 0.5) is 11.4 Å². The van der Waals surface area contributed by atoms with Crippen LogP contribution in [-0.2, 0) is 0 Å². The van der Waals surface area contributed by atoms with Gasteiger partial charge in [-0.15, -0.1) is 0 Å². The first kappa shape index (κ1) is 12.7. The third-order valence-electron chi connectivity index (χ3n) is 3.77. The zero-order chi connectivity index (χ0) is 14.9. The Labute approximate surface area is 127 Å². The van der Waals surface area contributed by atoms with Gasteiger partial charge >= 0.3 is 0 Å². The molecule has 4 aromatic rings. The summed E-state index contributed by atoms with van der Waals surface area (Å²) in [7, 11) is 0. The molecule has 0 amide bonds. The number of aromatic nitrogens is 1. The van der Waals surface area contributed by atoms with Crippen LogP contribution in [0.2, 0.25) is 0 Å². The van der Waals surface area contributed by atoms with E-state index in [9.17, 15) is 4.79 Å². The second-order valence-electron chi connectivity index (χ2n) is 5.25. The fourth-order valence-electron chi connectivity index (χ4n) is 2.69. The fraction of sp³-hybridized carbons (Fsp3) is 0. The molecule has 0 aliphatic carbocycles. The van der Waals surface area contributed by atoms with E-state index < -0.39 is 0 Å². The average molecular weight is 286 g/mol. The number of anilines is 2. The molecular formula is C19H14N2O. The molecule has 2 N–H and O–H groups in total. The summed E-state index contributed by atoms with van der Waals surface area (Å²) >= 11 is 0. The van der Waals surface area contributed by atoms with Crippen LogP contribution in [0.15, 0.2) is 77.6 Å². The average Bonchev–Trinajstić information content (AvgIpc) is 2.56. The first-order chi connectivity index (χ1) is 10.8. The Morgan fingerprint density at radius 1 is 0.682 bits per heavy atom. The Morgan fingerprint density at radius 3 is 2.27 bits per heavy atom. The van der Waals surface area contributed by atoms with Crippen molar-refractivity contribution in [3.05, 3.63) is 83.0 Å². The number of hydrogen-bond acceptors (Lipinski definition) is 2. The third kappa shape index (κ3) is 2.13. The molecule has 0 saturated carbocycles. The monoisotopic (exact) mass is 286 g/mol. The molecule has 0 spiro atoms. The smallest absolute Gasteiger partial charge is 0.197 e. The molecule has 0 unspecified atom stereocenters. The number of pyridine rings is 1. The van der Waals surface area contributed by atoms with Gasteiger partial charge in [0.05, 0.1) is 5.52 Å². The summed E-state index contributed by atoms with van der Waals surface area (Å²) in [6.07, 6.45) is 0. The van der Waals surface area contributed by atoms with Crippen molar-refractivity contribution in [3.8, 4) is 0 Å². The van der Waals surface area contributed by atoms with Gasteiger partial charge < -0.3 is 10.3 Å². The lowest BCUT2D eigenvalue weighted by molar-refractivity contribution is 1.47. The fourth-order valence-corrected chi connectivity index (χ4v) is 2.69. The van der Waals surface area contributed by atoms with Gasteiger partial charge in [0.25, 0.3) is 0 Å². The first-order valence-corrected chi connectivity index (χ1v) is 7.18. The summed E-state index contributed by atoms with van der Waals surface area (Å²) < 4.78 is 0. The van der Waals surface area contributed by atoms with E-state index in [1.54, 1.807) is 0 Å². The Bertz CT molecular complexity index is 1020. The molecule has 1 heterocycles. The normalized spacial score (nSPS) is 10.9. The highest BCUT2D eigenvalue weighted by Crippen LogP contribution is 2.21. The van der Waals surface area contributed by atoms with Gasteiger partial charge in [-0.3, -0.25) is 4.79 Å². The zero-order valence-corrected chi connectivity index (χ0v) is 11.8. The summed E-state index contributed by atoms with van der Waals surface area (Å²) in [4.78, 5) is 15.9. The molecule has 0 fully saturated rings. The van der Waals surface area contributed by atoms with Gasteiger partial charge in [0.1, 0.15) is 0 Å². The third-order valence-corrected chi connectivity index (χ3v) is 3.77. The van der Waals surface area contributed by atoms with E-state index in [1.165, 1.54) is 0 Å². The second kappa shape index (κ2) is 5.04. The van der Waals surface area contributed by atoms with Crippen molar-refractivity contribution >= 4 is 33.2 Å². The summed E-state index contributed by atoms with van der Waals surface area (Å²) in [6.45, 7) is 0. The number of aromatic amines is 1. The molecule has 4 rings (SSSR count). The van der Waals surface area contributed by atoms with E-state index in [0.717, 1.165) is 27.8 Å². The number of nitrogens with one attached hydrogen (secondary N) is 2. The summed E-state index contributed by atoms with van der Waals surface area (Å²) in [5, 5.41) is 4.77. The van der Waals surface area contributed by atoms with E-state index in [4.69, 9.17) is 0 Å². The summed E-state index contributed by atoms with van der Waals surface area (Å²) in [5.41, 5.74) is 3.73. The lowest BCUT2D eigenvalue weighted by Crippen LogP contribution is -2.04. The zero-order valence-electron chi connectivity index (χ0n) is 11.8. The Morgan fingerprint density at radius 2 is 1.41 bits per heavy atom. The van der Waals surface area contributed by atoms with Crippen LogP contribution >= 0.6 is 0 Å². The molecule has 0 aliphatic rings. The number of para-hydroxylation sites is 2. The Balaban J connectivity index is 1.87. The number of fused-ring (bicyclic) bond motifs is 2. The Hall–Kier alpha value is -3.07. The summed E-state index contributed by atoms with van der Waals surface area (Å²) in [5.74, 6) is 0. The van der Waals surface area contributed by atoms with Crippen molar-refractivity contribution in [1.82, 2.24) is 4.98 Å². The lowest BCUT2D eigenvalue weighted by atomic mass is 10.1. The van der Waals surface area contributed by atoms with Crippen molar-refractivity contribution in [2.75, 3.05) is 5.32 Å². The minimum Gasteiger partial charge on any atom is -0.355 e. The Kier molecular flexibility index (Phi) is 2.90. The number of benzene rings is 3. The first-order valence-electron chi connectivity index (χ1n) is 7.18. The van der Waals surface area contributed by atoms with Gasteiger partial charge in [-0.1, -0.05) is 30.3 Å². The van der Waals surface area contributed by atoms with Crippen LogP contribution in [0.3, 0.4) is 0 Å². The van der Waals surface area contributed by atoms with Gasteiger partial charge in [-0.25, -0.2) is 0 Å². The van der Waals surface area contributed by atoms with Crippen LogP contribution in [0.5, 0.6) is 0 Å².